The number of hydrogen-bond acceptors (Lipinski definition) is 6. The summed E-state index contributed by atoms with van der Waals surface area (Å²) >= 11 is 0. The second kappa shape index (κ2) is 8.49. The van der Waals surface area contributed by atoms with Crippen LogP contribution in [-0.4, -0.2) is 49.1 Å². The zero-order chi connectivity index (χ0) is 18.3. The fourth-order valence-corrected chi connectivity index (χ4v) is 1.16. The zero-order valence-corrected chi connectivity index (χ0v) is 12.4. The predicted octanol–water partition coefficient (Wildman–Crippen LogP) is 1.87. The first kappa shape index (κ1) is 20.9. The third-order valence-electron chi connectivity index (χ3n) is 2.11. The number of rotatable bonds is 9. The second-order valence-electron chi connectivity index (χ2n) is 4.55. The average molecular weight is 344 g/mol. The normalized spacial score (nSPS) is 11.8. The molecule has 0 aromatic rings. The Hall–Kier alpha value is -2.13. The minimum atomic E-state index is -4.62. The highest BCUT2D eigenvalue weighted by Crippen LogP contribution is 2.32. The van der Waals surface area contributed by atoms with Gasteiger partial charge < -0.3 is 14.2 Å². The van der Waals surface area contributed by atoms with E-state index in [9.17, 15) is 31.9 Å². The topological polar surface area (TPSA) is 78.9 Å². The molecule has 0 aromatic carbocycles. The van der Waals surface area contributed by atoms with Gasteiger partial charge in [0.05, 0.1) is 12.5 Å². The van der Waals surface area contributed by atoms with Gasteiger partial charge in [0.1, 0.15) is 13.2 Å². The largest absolute Gasteiger partial charge is 0.459 e. The van der Waals surface area contributed by atoms with E-state index in [-0.39, 0.29) is 0 Å². The fraction of sp³-hybridized carbons (Fsp3) is 0.615. The van der Waals surface area contributed by atoms with Crippen molar-refractivity contribution in [1.82, 2.24) is 0 Å². The summed E-state index contributed by atoms with van der Waals surface area (Å²) in [5.41, 5.74) is 0. The number of halogens is 4. The quantitative estimate of drug-likeness (QED) is 0.209. The second-order valence-corrected chi connectivity index (χ2v) is 4.55. The van der Waals surface area contributed by atoms with Crippen LogP contribution < -0.4 is 0 Å². The van der Waals surface area contributed by atoms with Crippen molar-refractivity contribution in [3.05, 3.63) is 12.7 Å². The number of hydrogen-bond donors (Lipinski definition) is 0. The molecule has 0 rings (SSSR count). The molecule has 0 aliphatic carbocycles. The molecule has 0 unspecified atom stereocenters. The molecular weight excluding hydrogens is 328 g/mol. The Morgan fingerprint density at radius 1 is 1.00 bits per heavy atom. The van der Waals surface area contributed by atoms with E-state index in [1.165, 1.54) is 13.8 Å². The molecule has 0 spiro atoms. The van der Waals surface area contributed by atoms with Crippen molar-refractivity contribution in [3.8, 4) is 0 Å². The highest BCUT2D eigenvalue weighted by atomic mass is 19.3. The third-order valence-corrected chi connectivity index (χ3v) is 2.11. The maximum atomic E-state index is 13.4. The molecule has 132 valence electrons. The van der Waals surface area contributed by atoms with Gasteiger partial charge in [0.15, 0.2) is 0 Å². The van der Waals surface area contributed by atoms with Crippen LogP contribution >= 0.6 is 0 Å². The van der Waals surface area contributed by atoms with E-state index < -0.39 is 55.5 Å². The van der Waals surface area contributed by atoms with Crippen molar-refractivity contribution in [2.24, 2.45) is 0 Å². The van der Waals surface area contributed by atoms with Crippen molar-refractivity contribution in [2.75, 3.05) is 13.2 Å². The summed E-state index contributed by atoms with van der Waals surface area (Å²) in [6.45, 7) is 4.25. The lowest BCUT2D eigenvalue weighted by Crippen LogP contribution is -2.43. The molecule has 0 heterocycles. The molecule has 0 saturated carbocycles. The van der Waals surface area contributed by atoms with Crippen molar-refractivity contribution in [3.63, 3.8) is 0 Å². The Morgan fingerprint density at radius 2 is 1.48 bits per heavy atom. The van der Waals surface area contributed by atoms with Crippen molar-refractivity contribution < 1.29 is 46.2 Å². The van der Waals surface area contributed by atoms with Crippen LogP contribution in [0.15, 0.2) is 12.7 Å². The monoisotopic (exact) mass is 344 g/mol. The number of carbonyl (C=O) groups excluding carboxylic acids is 3. The van der Waals surface area contributed by atoms with Gasteiger partial charge >= 0.3 is 29.8 Å². The molecule has 23 heavy (non-hydrogen) atoms. The molecule has 10 heteroatoms. The Labute approximate surface area is 129 Å². The fourth-order valence-electron chi connectivity index (χ4n) is 1.16. The highest BCUT2D eigenvalue weighted by Gasteiger charge is 2.55. The lowest BCUT2D eigenvalue weighted by Gasteiger charge is -2.21. The van der Waals surface area contributed by atoms with Gasteiger partial charge in [0.25, 0.3) is 0 Å². The van der Waals surface area contributed by atoms with Crippen LogP contribution in [0.25, 0.3) is 0 Å². The Kier molecular flexibility index (Phi) is 7.70. The van der Waals surface area contributed by atoms with Crippen LogP contribution in [0.4, 0.5) is 17.6 Å². The minimum absolute atomic E-state index is 0.557. The molecule has 0 saturated heterocycles. The number of alkyl halides is 4. The van der Waals surface area contributed by atoms with Gasteiger partial charge in [-0.2, -0.15) is 17.6 Å². The maximum Gasteiger partial charge on any atom is 0.377 e. The van der Waals surface area contributed by atoms with E-state index in [2.05, 4.69) is 20.8 Å². The summed E-state index contributed by atoms with van der Waals surface area (Å²) in [4.78, 5) is 32.7. The SMILES string of the molecule is C=CC(=O)OCCOC(=O)C(F)(F)CC(F)(F)C(=O)OC(C)C. The van der Waals surface area contributed by atoms with Gasteiger partial charge in [-0.05, 0) is 13.8 Å². The molecule has 0 atom stereocenters. The van der Waals surface area contributed by atoms with Crippen LogP contribution in [0.2, 0.25) is 0 Å². The summed E-state index contributed by atoms with van der Waals surface area (Å²) in [5, 5.41) is 0. The summed E-state index contributed by atoms with van der Waals surface area (Å²) in [7, 11) is 0. The first-order chi connectivity index (χ1) is 10.4. The van der Waals surface area contributed by atoms with Gasteiger partial charge in [-0.3, -0.25) is 0 Å². The lowest BCUT2D eigenvalue weighted by molar-refractivity contribution is -0.199. The van der Waals surface area contributed by atoms with Gasteiger partial charge in [-0.1, -0.05) is 6.58 Å². The Bertz CT molecular complexity index is 461. The molecule has 0 radical (unpaired) electrons. The van der Waals surface area contributed by atoms with Crippen LogP contribution in [0, 0.1) is 0 Å². The van der Waals surface area contributed by atoms with Crippen molar-refractivity contribution >= 4 is 17.9 Å². The molecule has 0 aliphatic heterocycles. The lowest BCUT2D eigenvalue weighted by atomic mass is 10.1. The molecule has 0 fully saturated rings. The van der Waals surface area contributed by atoms with Gasteiger partial charge in [0, 0.05) is 6.08 Å². The van der Waals surface area contributed by atoms with Crippen LogP contribution in [-0.2, 0) is 28.6 Å². The van der Waals surface area contributed by atoms with E-state index in [0.29, 0.717) is 0 Å². The van der Waals surface area contributed by atoms with E-state index in [1.54, 1.807) is 0 Å². The standard InChI is InChI=1S/C13H16F4O6/c1-4-9(18)21-5-6-22-10(19)12(14,15)7-13(16,17)11(20)23-8(2)3/h4,8H,1,5-7H2,2-3H3. The molecule has 0 aromatic heterocycles. The molecule has 0 amide bonds. The van der Waals surface area contributed by atoms with E-state index in [4.69, 9.17) is 0 Å². The summed E-state index contributed by atoms with van der Waals surface area (Å²) in [5.74, 6) is -14.5. The molecular formula is C13H16F4O6. The van der Waals surface area contributed by atoms with Crippen LogP contribution in [0.5, 0.6) is 0 Å². The smallest absolute Gasteiger partial charge is 0.377 e. The third kappa shape index (κ3) is 7.61. The average Bonchev–Trinajstić information content (AvgIpc) is 2.40. The first-order valence-corrected chi connectivity index (χ1v) is 6.35. The molecule has 6 nitrogen and oxygen atoms in total. The van der Waals surface area contributed by atoms with E-state index in [0.717, 1.165) is 6.08 Å². The van der Waals surface area contributed by atoms with Crippen LogP contribution in [0.3, 0.4) is 0 Å². The predicted molar refractivity (Wildman–Crippen MR) is 67.9 cm³/mol. The minimum Gasteiger partial charge on any atom is -0.459 e. The molecule has 0 aliphatic rings. The van der Waals surface area contributed by atoms with E-state index >= 15 is 0 Å². The van der Waals surface area contributed by atoms with Crippen molar-refractivity contribution in [2.45, 2.75) is 38.2 Å². The summed E-state index contributed by atoms with van der Waals surface area (Å²) in [6.07, 6.45) is -2.54. The zero-order valence-electron chi connectivity index (χ0n) is 12.4. The number of esters is 3. The maximum absolute atomic E-state index is 13.4. The number of ether oxygens (including phenoxy) is 3. The van der Waals surface area contributed by atoms with Crippen molar-refractivity contribution in [1.29, 1.82) is 0 Å². The molecule has 0 bridgehead atoms. The van der Waals surface area contributed by atoms with Gasteiger partial charge in [-0.25, -0.2) is 14.4 Å². The highest BCUT2D eigenvalue weighted by molar-refractivity contribution is 5.82. The first-order valence-electron chi connectivity index (χ1n) is 6.35. The van der Waals surface area contributed by atoms with Crippen LogP contribution in [0.1, 0.15) is 20.3 Å². The summed E-state index contributed by atoms with van der Waals surface area (Å²) in [6, 6.07) is 0. The Balaban J connectivity index is 4.54. The van der Waals surface area contributed by atoms with E-state index in [1.807, 2.05) is 0 Å². The van der Waals surface area contributed by atoms with Gasteiger partial charge in [-0.15, -0.1) is 0 Å². The number of carbonyl (C=O) groups is 3. The Morgan fingerprint density at radius 3 is 1.96 bits per heavy atom. The molecule has 0 N–H and O–H groups in total. The van der Waals surface area contributed by atoms with Gasteiger partial charge in [0.2, 0.25) is 0 Å². The summed E-state index contributed by atoms with van der Waals surface area (Å²) < 4.78 is 65.9.